The minimum atomic E-state index is -4.74. The fraction of sp³-hybridized carbons (Fsp3) is 0.375. The lowest BCUT2D eigenvalue weighted by atomic mass is 10.1. The standard InChI is InChI=1S/C24H24F3N9O2S/c1-11-17(19(14-4-5-14)32-10-31-11)20-33-12(2)18-22(35-20)36(13(3)24(25,26)27)23(37)21(34-18)30-8-15-6-7-16(9-29-15)39(28)38/h6-7,9-10,13-14H,4-5,8,28H2,1-3H3,(H,30,34). The minimum Gasteiger partial charge on any atom is -0.593 e. The molecule has 1 fully saturated rings. The quantitative estimate of drug-likeness (QED) is 0.322. The van der Waals surface area contributed by atoms with Crippen LogP contribution in [0.4, 0.5) is 19.0 Å². The van der Waals surface area contributed by atoms with Crippen molar-refractivity contribution < 1.29 is 17.7 Å². The number of halogens is 3. The summed E-state index contributed by atoms with van der Waals surface area (Å²) in [6.45, 7) is 4.21. The van der Waals surface area contributed by atoms with Crippen LogP contribution in [0.15, 0.2) is 34.3 Å². The van der Waals surface area contributed by atoms with Gasteiger partial charge in [-0.15, -0.1) is 5.14 Å². The Morgan fingerprint density at radius 3 is 2.51 bits per heavy atom. The van der Waals surface area contributed by atoms with Gasteiger partial charge in [-0.05, 0) is 45.7 Å². The molecule has 39 heavy (non-hydrogen) atoms. The molecule has 4 aromatic rings. The Morgan fingerprint density at radius 2 is 1.90 bits per heavy atom. The summed E-state index contributed by atoms with van der Waals surface area (Å²) in [5.41, 5.74) is 1.40. The van der Waals surface area contributed by atoms with Gasteiger partial charge in [-0.25, -0.2) is 24.9 Å². The van der Waals surface area contributed by atoms with Crippen LogP contribution in [0, 0.1) is 13.8 Å². The fourth-order valence-electron chi connectivity index (χ4n) is 4.20. The number of fused-ring (bicyclic) bond motifs is 1. The summed E-state index contributed by atoms with van der Waals surface area (Å²) in [6.07, 6.45) is -0.113. The number of aryl methyl sites for hydroxylation is 2. The molecule has 1 aliphatic rings. The van der Waals surface area contributed by atoms with Gasteiger partial charge in [0.2, 0.25) is 0 Å². The van der Waals surface area contributed by atoms with Gasteiger partial charge in [0.1, 0.15) is 17.9 Å². The van der Waals surface area contributed by atoms with Crippen LogP contribution >= 0.6 is 0 Å². The molecular formula is C24H24F3N9O2S. The second-order valence-electron chi connectivity index (χ2n) is 9.29. The van der Waals surface area contributed by atoms with E-state index in [4.69, 9.17) is 5.14 Å². The molecule has 0 aliphatic heterocycles. The van der Waals surface area contributed by atoms with Crippen molar-refractivity contribution in [1.82, 2.24) is 34.5 Å². The first kappa shape index (κ1) is 26.9. The molecular weight excluding hydrogens is 535 g/mol. The lowest BCUT2D eigenvalue weighted by molar-refractivity contribution is -0.162. The molecule has 11 nitrogen and oxygen atoms in total. The van der Waals surface area contributed by atoms with Crippen molar-refractivity contribution >= 4 is 28.3 Å². The van der Waals surface area contributed by atoms with Crippen LogP contribution in [0.2, 0.25) is 0 Å². The molecule has 0 spiro atoms. The number of hydrogen-bond donors (Lipinski definition) is 2. The number of anilines is 1. The number of pyridine rings is 1. The van der Waals surface area contributed by atoms with Gasteiger partial charge in [-0.2, -0.15) is 13.2 Å². The summed E-state index contributed by atoms with van der Waals surface area (Å²) in [5.74, 6) is 0.0330. The van der Waals surface area contributed by atoms with Gasteiger partial charge in [0, 0.05) is 5.92 Å². The lowest BCUT2D eigenvalue weighted by Crippen LogP contribution is -2.35. The van der Waals surface area contributed by atoms with Crippen LogP contribution in [0.1, 0.15) is 54.5 Å². The van der Waals surface area contributed by atoms with Crippen molar-refractivity contribution in [2.75, 3.05) is 5.32 Å². The lowest BCUT2D eigenvalue weighted by Gasteiger charge is -2.22. The molecule has 0 bridgehead atoms. The van der Waals surface area contributed by atoms with E-state index in [9.17, 15) is 22.5 Å². The van der Waals surface area contributed by atoms with Crippen LogP contribution in [0.25, 0.3) is 22.6 Å². The normalized spacial score (nSPS) is 15.4. The highest BCUT2D eigenvalue weighted by molar-refractivity contribution is 7.89. The maximum Gasteiger partial charge on any atom is 0.409 e. The van der Waals surface area contributed by atoms with Gasteiger partial charge < -0.3 is 9.87 Å². The summed E-state index contributed by atoms with van der Waals surface area (Å²) in [7, 11) is 0. The first-order valence-electron chi connectivity index (χ1n) is 12.0. The van der Waals surface area contributed by atoms with Crippen molar-refractivity contribution in [2.24, 2.45) is 5.14 Å². The van der Waals surface area contributed by atoms with Crippen molar-refractivity contribution in [2.45, 2.75) is 63.2 Å². The summed E-state index contributed by atoms with van der Waals surface area (Å²) in [5, 5.41) is 8.10. The van der Waals surface area contributed by atoms with E-state index >= 15 is 0 Å². The van der Waals surface area contributed by atoms with E-state index in [2.05, 4.69) is 35.2 Å². The number of hydrogen-bond acceptors (Lipinski definition) is 10. The van der Waals surface area contributed by atoms with E-state index in [-0.39, 0.29) is 35.3 Å². The highest BCUT2D eigenvalue weighted by Gasteiger charge is 2.40. The highest BCUT2D eigenvalue weighted by Crippen LogP contribution is 2.43. The van der Waals surface area contributed by atoms with Crippen LogP contribution in [0.3, 0.4) is 0 Å². The number of nitrogens with one attached hydrogen (secondary N) is 1. The number of nitrogens with two attached hydrogens (primary N) is 1. The summed E-state index contributed by atoms with van der Waals surface area (Å²) in [4.78, 5) is 39.8. The van der Waals surface area contributed by atoms with E-state index in [0.29, 0.717) is 32.1 Å². The molecule has 0 saturated heterocycles. The Hall–Kier alpha value is -3.69. The Balaban J connectivity index is 1.64. The molecule has 4 heterocycles. The Kier molecular flexibility index (Phi) is 6.99. The third-order valence-corrected chi connectivity index (χ3v) is 7.20. The number of nitrogens with zero attached hydrogens (tertiary/aromatic N) is 7. The topological polar surface area (TPSA) is 160 Å². The Labute approximate surface area is 223 Å². The second-order valence-corrected chi connectivity index (χ2v) is 10.4. The predicted molar refractivity (Wildman–Crippen MR) is 137 cm³/mol. The maximum absolute atomic E-state index is 14.0. The maximum atomic E-state index is 14.0. The predicted octanol–water partition coefficient (Wildman–Crippen LogP) is 3.25. The third-order valence-electron chi connectivity index (χ3n) is 6.49. The Bertz CT molecular complexity index is 1610. The summed E-state index contributed by atoms with van der Waals surface area (Å²) in [6, 6.07) is 0.835. The van der Waals surface area contributed by atoms with Crippen LogP contribution in [-0.4, -0.2) is 45.2 Å². The molecule has 2 unspecified atom stereocenters. The van der Waals surface area contributed by atoms with E-state index in [0.717, 1.165) is 25.5 Å². The first-order valence-corrected chi connectivity index (χ1v) is 13.2. The summed E-state index contributed by atoms with van der Waals surface area (Å²) >= 11 is -1.71. The molecule has 1 saturated carbocycles. The number of aromatic nitrogens is 7. The van der Waals surface area contributed by atoms with Crippen LogP contribution in [-0.2, 0) is 17.9 Å². The largest absolute Gasteiger partial charge is 0.593 e. The fourth-order valence-corrected chi connectivity index (χ4v) is 4.56. The molecule has 204 valence electrons. The Morgan fingerprint density at radius 1 is 1.15 bits per heavy atom. The minimum absolute atomic E-state index is 0.0328. The van der Waals surface area contributed by atoms with Gasteiger partial charge in [0.05, 0.1) is 52.4 Å². The van der Waals surface area contributed by atoms with Crippen molar-refractivity contribution in [3.63, 3.8) is 0 Å². The SMILES string of the molecule is Cc1ncnc(C2CC2)c1-c1nc(C)c2nc(NCc3ccc([S+](N)[O-])cn3)c(=O)n(C(C)C(F)(F)F)c2n1. The van der Waals surface area contributed by atoms with Gasteiger partial charge in [-0.1, -0.05) is 0 Å². The van der Waals surface area contributed by atoms with E-state index in [1.807, 2.05) is 0 Å². The smallest absolute Gasteiger partial charge is 0.409 e. The average molecular weight is 560 g/mol. The zero-order valence-electron chi connectivity index (χ0n) is 21.2. The van der Waals surface area contributed by atoms with Gasteiger partial charge in [-0.3, -0.25) is 14.3 Å². The van der Waals surface area contributed by atoms with Gasteiger partial charge in [0.15, 0.2) is 22.2 Å². The molecule has 5 rings (SSSR count). The molecule has 15 heteroatoms. The summed E-state index contributed by atoms with van der Waals surface area (Å²) < 4.78 is 53.9. The zero-order chi connectivity index (χ0) is 28.1. The second kappa shape index (κ2) is 10.1. The average Bonchev–Trinajstić information content (AvgIpc) is 3.72. The first-order chi connectivity index (χ1) is 18.5. The molecule has 3 N–H and O–H groups in total. The van der Waals surface area contributed by atoms with Crippen LogP contribution < -0.4 is 16.0 Å². The van der Waals surface area contributed by atoms with Crippen LogP contribution in [0.5, 0.6) is 0 Å². The van der Waals surface area contributed by atoms with E-state index in [1.165, 1.54) is 24.7 Å². The number of alkyl halides is 3. The number of rotatable bonds is 7. The van der Waals surface area contributed by atoms with Crippen molar-refractivity contribution in [1.29, 1.82) is 0 Å². The molecule has 4 aromatic heterocycles. The molecule has 1 aliphatic carbocycles. The zero-order valence-corrected chi connectivity index (χ0v) is 22.0. The monoisotopic (exact) mass is 559 g/mol. The van der Waals surface area contributed by atoms with E-state index < -0.39 is 29.1 Å². The highest BCUT2D eigenvalue weighted by atomic mass is 32.2. The van der Waals surface area contributed by atoms with Gasteiger partial charge >= 0.3 is 6.18 Å². The molecule has 0 aromatic carbocycles. The van der Waals surface area contributed by atoms with Crippen molar-refractivity contribution in [3.8, 4) is 11.4 Å². The van der Waals surface area contributed by atoms with Crippen molar-refractivity contribution in [3.05, 3.63) is 57.8 Å². The van der Waals surface area contributed by atoms with E-state index in [1.54, 1.807) is 13.8 Å². The molecule has 2 atom stereocenters. The molecule has 0 radical (unpaired) electrons. The van der Waals surface area contributed by atoms with Gasteiger partial charge in [0.25, 0.3) is 5.56 Å². The molecule has 0 amide bonds. The third kappa shape index (κ3) is 5.29.